The average molecular weight is 262 g/mol. The van der Waals surface area contributed by atoms with Crippen molar-refractivity contribution in [1.82, 2.24) is 19.5 Å². The molecule has 0 bridgehead atoms. The zero-order chi connectivity index (χ0) is 14.0. The Bertz CT molecular complexity index is 588. The van der Waals surface area contributed by atoms with Crippen LogP contribution in [0.4, 0.5) is 11.5 Å². The Kier molecular flexibility index (Phi) is 3.16. The standard InChI is InChI=1S/C11H14N6O2/c1-11(2,3)15-9-8(17(18)19)10(14-6-13-9)16-5-4-12-7-16/h4-7H,1-3H3,(H,13,14,15). The Morgan fingerprint density at radius 3 is 2.63 bits per heavy atom. The van der Waals surface area contributed by atoms with Crippen LogP contribution in [0.2, 0.25) is 0 Å². The molecule has 0 saturated heterocycles. The number of nitrogens with zero attached hydrogens (tertiary/aromatic N) is 5. The third-order valence-electron chi connectivity index (χ3n) is 2.23. The van der Waals surface area contributed by atoms with Gasteiger partial charge in [0.1, 0.15) is 12.7 Å². The van der Waals surface area contributed by atoms with Gasteiger partial charge in [-0.25, -0.2) is 15.0 Å². The minimum Gasteiger partial charge on any atom is -0.360 e. The highest BCUT2D eigenvalue weighted by Crippen LogP contribution is 2.29. The summed E-state index contributed by atoms with van der Waals surface area (Å²) in [5.41, 5.74) is -0.513. The predicted molar refractivity (Wildman–Crippen MR) is 69.2 cm³/mol. The number of anilines is 1. The molecule has 8 heteroatoms. The molecule has 0 fully saturated rings. The third-order valence-corrected chi connectivity index (χ3v) is 2.23. The van der Waals surface area contributed by atoms with Gasteiger partial charge in [-0.15, -0.1) is 0 Å². The van der Waals surface area contributed by atoms with Crippen molar-refractivity contribution in [2.75, 3.05) is 5.32 Å². The maximum absolute atomic E-state index is 11.3. The largest absolute Gasteiger partial charge is 0.360 e. The van der Waals surface area contributed by atoms with Crippen LogP contribution in [0.1, 0.15) is 20.8 Å². The van der Waals surface area contributed by atoms with E-state index < -0.39 is 4.92 Å². The van der Waals surface area contributed by atoms with Crippen molar-refractivity contribution in [3.8, 4) is 5.82 Å². The van der Waals surface area contributed by atoms with Gasteiger partial charge in [-0.05, 0) is 20.8 Å². The summed E-state index contributed by atoms with van der Waals surface area (Å²) in [4.78, 5) is 22.6. The lowest BCUT2D eigenvalue weighted by atomic mass is 10.1. The predicted octanol–water partition coefficient (Wildman–Crippen LogP) is 1.78. The molecule has 0 aromatic carbocycles. The monoisotopic (exact) mass is 262 g/mol. The van der Waals surface area contributed by atoms with Crippen molar-refractivity contribution in [1.29, 1.82) is 0 Å². The van der Waals surface area contributed by atoms with Gasteiger partial charge in [-0.1, -0.05) is 0 Å². The number of aromatic nitrogens is 4. The van der Waals surface area contributed by atoms with E-state index in [-0.39, 0.29) is 22.9 Å². The van der Waals surface area contributed by atoms with E-state index in [1.807, 2.05) is 20.8 Å². The molecule has 2 aromatic heterocycles. The first-order chi connectivity index (χ1) is 8.88. The topological polar surface area (TPSA) is 98.8 Å². The van der Waals surface area contributed by atoms with Gasteiger partial charge in [-0.2, -0.15) is 0 Å². The van der Waals surface area contributed by atoms with Crippen molar-refractivity contribution in [3.05, 3.63) is 35.2 Å². The van der Waals surface area contributed by atoms with Gasteiger partial charge in [0.25, 0.3) is 0 Å². The molecule has 2 aromatic rings. The van der Waals surface area contributed by atoms with Gasteiger partial charge in [-0.3, -0.25) is 14.7 Å². The highest BCUT2D eigenvalue weighted by molar-refractivity contribution is 5.64. The second kappa shape index (κ2) is 4.63. The van der Waals surface area contributed by atoms with Gasteiger partial charge in [0, 0.05) is 17.9 Å². The second-order valence-corrected chi connectivity index (χ2v) is 5.00. The maximum atomic E-state index is 11.3. The van der Waals surface area contributed by atoms with Crippen molar-refractivity contribution in [2.45, 2.75) is 26.3 Å². The molecule has 0 unspecified atom stereocenters. The first-order valence-corrected chi connectivity index (χ1v) is 5.64. The summed E-state index contributed by atoms with van der Waals surface area (Å²) in [5, 5.41) is 14.3. The number of hydrogen-bond donors (Lipinski definition) is 1. The minimum atomic E-state index is -0.497. The van der Waals surface area contributed by atoms with E-state index in [2.05, 4.69) is 20.3 Å². The molecular weight excluding hydrogens is 248 g/mol. The lowest BCUT2D eigenvalue weighted by Gasteiger charge is -2.21. The van der Waals surface area contributed by atoms with E-state index in [0.29, 0.717) is 0 Å². The van der Waals surface area contributed by atoms with E-state index >= 15 is 0 Å². The molecule has 8 nitrogen and oxygen atoms in total. The SMILES string of the molecule is CC(C)(C)Nc1ncnc(-n2ccnc2)c1[N+](=O)[O-]. The molecule has 0 aliphatic rings. The Morgan fingerprint density at radius 1 is 1.37 bits per heavy atom. The first kappa shape index (κ1) is 12.9. The van der Waals surface area contributed by atoms with Crippen molar-refractivity contribution in [3.63, 3.8) is 0 Å². The number of nitrogens with one attached hydrogen (secondary N) is 1. The van der Waals surface area contributed by atoms with Gasteiger partial charge in [0.05, 0.1) is 4.92 Å². The molecule has 0 aliphatic heterocycles. The zero-order valence-corrected chi connectivity index (χ0v) is 10.9. The van der Waals surface area contributed by atoms with E-state index in [0.717, 1.165) is 0 Å². The van der Waals surface area contributed by atoms with Crippen molar-refractivity contribution < 1.29 is 4.92 Å². The van der Waals surface area contributed by atoms with Crippen molar-refractivity contribution in [2.24, 2.45) is 0 Å². The summed E-state index contributed by atoms with van der Waals surface area (Å²) in [5.74, 6) is 0.375. The summed E-state index contributed by atoms with van der Waals surface area (Å²) < 4.78 is 1.48. The molecule has 100 valence electrons. The lowest BCUT2D eigenvalue weighted by molar-refractivity contribution is -0.384. The third kappa shape index (κ3) is 2.84. The highest BCUT2D eigenvalue weighted by atomic mass is 16.6. The van der Waals surface area contributed by atoms with E-state index in [1.54, 1.807) is 6.20 Å². The minimum absolute atomic E-state index is 0.171. The number of hydrogen-bond acceptors (Lipinski definition) is 6. The Labute approximate surface area is 109 Å². The van der Waals surface area contributed by atoms with Crippen LogP contribution in [-0.4, -0.2) is 30.0 Å². The lowest BCUT2D eigenvalue weighted by Crippen LogP contribution is -2.27. The molecule has 2 rings (SSSR count). The molecule has 1 N–H and O–H groups in total. The molecule has 2 heterocycles. The smallest absolute Gasteiger partial charge is 0.354 e. The van der Waals surface area contributed by atoms with Crippen LogP contribution in [0.3, 0.4) is 0 Å². The molecule has 19 heavy (non-hydrogen) atoms. The Morgan fingerprint density at radius 2 is 2.11 bits per heavy atom. The average Bonchev–Trinajstić information content (AvgIpc) is 2.79. The van der Waals surface area contributed by atoms with Crippen LogP contribution in [0.25, 0.3) is 5.82 Å². The quantitative estimate of drug-likeness (QED) is 0.668. The van der Waals surface area contributed by atoms with E-state index in [9.17, 15) is 10.1 Å². The second-order valence-electron chi connectivity index (χ2n) is 5.00. The Balaban J connectivity index is 2.57. The van der Waals surface area contributed by atoms with Gasteiger partial charge >= 0.3 is 5.69 Å². The zero-order valence-electron chi connectivity index (χ0n) is 10.9. The van der Waals surface area contributed by atoms with Crippen molar-refractivity contribution >= 4 is 11.5 Å². The van der Waals surface area contributed by atoms with E-state index in [4.69, 9.17) is 0 Å². The molecule has 0 atom stereocenters. The molecule has 0 aliphatic carbocycles. The molecule has 0 radical (unpaired) electrons. The van der Waals surface area contributed by atoms with Crippen LogP contribution in [0.5, 0.6) is 0 Å². The fraction of sp³-hybridized carbons (Fsp3) is 0.364. The Hall–Kier alpha value is -2.51. The highest BCUT2D eigenvalue weighted by Gasteiger charge is 2.26. The molecule has 0 spiro atoms. The van der Waals surface area contributed by atoms with E-state index in [1.165, 1.54) is 23.4 Å². The van der Waals surface area contributed by atoms with Gasteiger partial charge in [0.15, 0.2) is 0 Å². The summed E-state index contributed by atoms with van der Waals surface area (Å²) >= 11 is 0. The van der Waals surface area contributed by atoms with Crippen LogP contribution in [0, 0.1) is 10.1 Å². The summed E-state index contributed by atoms with van der Waals surface area (Å²) in [6, 6.07) is 0. The van der Waals surface area contributed by atoms with Crippen LogP contribution in [-0.2, 0) is 0 Å². The fourth-order valence-electron chi connectivity index (χ4n) is 1.56. The summed E-state index contributed by atoms with van der Waals surface area (Å²) in [6.45, 7) is 5.70. The number of nitro groups is 1. The number of imidazole rings is 1. The summed E-state index contributed by atoms with van der Waals surface area (Å²) in [7, 11) is 0. The van der Waals surface area contributed by atoms with Gasteiger partial charge < -0.3 is 5.32 Å². The van der Waals surface area contributed by atoms with Crippen LogP contribution in [0.15, 0.2) is 25.0 Å². The molecule has 0 saturated carbocycles. The summed E-state index contributed by atoms with van der Waals surface area (Å²) in [6.07, 6.45) is 5.87. The first-order valence-electron chi connectivity index (χ1n) is 5.64. The van der Waals surface area contributed by atoms with Crippen LogP contribution >= 0.6 is 0 Å². The molecule has 0 amide bonds. The maximum Gasteiger partial charge on any atom is 0.354 e. The molecular formula is C11H14N6O2. The van der Waals surface area contributed by atoms with Gasteiger partial charge in [0.2, 0.25) is 11.6 Å². The normalized spacial score (nSPS) is 11.3. The van der Waals surface area contributed by atoms with Crippen LogP contribution < -0.4 is 5.32 Å². The number of rotatable bonds is 3. The fourth-order valence-corrected chi connectivity index (χ4v) is 1.56.